The zero-order valence-electron chi connectivity index (χ0n) is 7.75. The van der Waals surface area contributed by atoms with E-state index in [0.29, 0.717) is 12.2 Å². The molecule has 0 amide bonds. The highest BCUT2D eigenvalue weighted by Crippen LogP contribution is 2.06. The van der Waals surface area contributed by atoms with Gasteiger partial charge in [-0.1, -0.05) is 0 Å². The first-order chi connectivity index (χ1) is 6.77. The Morgan fingerprint density at radius 1 is 1.57 bits per heavy atom. The van der Waals surface area contributed by atoms with Gasteiger partial charge in [-0.15, -0.1) is 0 Å². The molecule has 0 saturated heterocycles. The molecule has 0 unspecified atom stereocenters. The standard InChI is InChI=1S/C8H11N5O/c1-6(14)2-10-7-3-9-4-8-11-5-12-13(7)8/h3-6,10,14H,2H2,1H3/t6-/m0/s1. The molecule has 0 radical (unpaired) electrons. The normalized spacial score (nSPS) is 13.0. The van der Waals surface area contributed by atoms with E-state index in [4.69, 9.17) is 5.11 Å². The van der Waals surface area contributed by atoms with Crippen molar-refractivity contribution >= 4 is 11.5 Å². The lowest BCUT2D eigenvalue weighted by atomic mass is 10.4. The summed E-state index contributed by atoms with van der Waals surface area (Å²) in [5, 5.41) is 16.1. The van der Waals surface area contributed by atoms with E-state index in [1.807, 2.05) is 0 Å². The van der Waals surface area contributed by atoms with Crippen LogP contribution in [0.4, 0.5) is 5.82 Å². The molecule has 2 heterocycles. The quantitative estimate of drug-likeness (QED) is 0.713. The molecule has 2 N–H and O–H groups in total. The predicted molar refractivity (Wildman–Crippen MR) is 51.0 cm³/mol. The van der Waals surface area contributed by atoms with Crippen molar-refractivity contribution in [3.63, 3.8) is 0 Å². The first kappa shape index (κ1) is 8.89. The van der Waals surface area contributed by atoms with Crippen molar-refractivity contribution in [3.05, 3.63) is 18.7 Å². The van der Waals surface area contributed by atoms with Gasteiger partial charge in [0.1, 0.15) is 12.1 Å². The highest BCUT2D eigenvalue weighted by atomic mass is 16.3. The third-order valence-corrected chi connectivity index (χ3v) is 1.77. The van der Waals surface area contributed by atoms with Gasteiger partial charge < -0.3 is 10.4 Å². The number of hydrogen-bond acceptors (Lipinski definition) is 5. The number of rotatable bonds is 3. The Balaban J connectivity index is 2.27. The molecule has 2 aromatic heterocycles. The number of aromatic nitrogens is 4. The molecule has 2 aromatic rings. The number of nitrogens with zero attached hydrogens (tertiary/aromatic N) is 4. The lowest BCUT2D eigenvalue weighted by Gasteiger charge is -2.08. The topological polar surface area (TPSA) is 75.3 Å². The maximum Gasteiger partial charge on any atom is 0.175 e. The van der Waals surface area contributed by atoms with Crippen molar-refractivity contribution in [3.8, 4) is 0 Å². The fourth-order valence-corrected chi connectivity index (χ4v) is 1.13. The van der Waals surface area contributed by atoms with E-state index in [9.17, 15) is 0 Å². The van der Waals surface area contributed by atoms with Gasteiger partial charge in [0.25, 0.3) is 0 Å². The predicted octanol–water partition coefficient (Wildman–Crippen LogP) is -0.0830. The third kappa shape index (κ3) is 1.64. The lowest BCUT2D eigenvalue weighted by molar-refractivity contribution is 0.208. The van der Waals surface area contributed by atoms with Crippen LogP contribution in [0, 0.1) is 0 Å². The zero-order valence-corrected chi connectivity index (χ0v) is 7.75. The fourth-order valence-electron chi connectivity index (χ4n) is 1.13. The molecule has 0 spiro atoms. The van der Waals surface area contributed by atoms with Crippen LogP contribution in [0.15, 0.2) is 18.7 Å². The van der Waals surface area contributed by atoms with Gasteiger partial charge in [0, 0.05) is 6.54 Å². The maximum atomic E-state index is 9.11. The number of hydrogen-bond donors (Lipinski definition) is 2. The van der Waals surface area contributed by atoms with Crippen LogP contribution in [0.3, 0.4) is 0 Å². The molecular formula is C8H11N5O. The minimum atomic E-state index is -0.409. The van der Waals surface area contributed by atoms with Gasteiger partial charge in [0.2, 0.25) is 0 Å². The van der Waals surface area contributed by atoms with Gasteiger partial charge >= 0.3 is 0 Å². The summed E-state index contributed by atoms with van der Waals surface area (Å²) in [5.74, 6) is 0.723. The average molecular weight is 193 g/mol. The summed E-state index contributed by atoms with van der Waals surface area (Å²) >= 11 is 0. The number of aliphatic hydroxyl groups is 1. The number of fused-ring (bicyclic) bond motifs is 1. The molecule has 0 saturated carbocycles. The summed E-state index contributed by atoms with van der Waals surface area (Å²) in [5.41, 5.74) is 0.681. The number of anilines is 1. The molecule has 0 aliphatic carbocycles. The molecule has 6 heteroatoms. The molecule has 0 aliphatic heterocycles. The van der Waals surface area contributed by atoms with Crippen LogP contribution in [-0.2, 0) is 0 Å². The minimum Gasteiger partial charge on any atom is -0.392 e. The average Bonchev–Trinajstić information content (AvgIpc) is 2.62. The van der Waals surface area contributed by atoms with Gasteiger partial charge in [-0.2, -0.15) is 9.61 Å². The molecule has 0 aromatic carbocycles. The molecular weight excluding hydrogens is 182 g/mol. The molecule has 0 aliphatic rings. The van der Waals surface area contributed by atoms with E-state index >= 15 is 0 Å². The SMILES string of the molecule is C[C@H](O)CNc1cncc2ncnn12. The van der Waals surface area contributed by atoms with Gasteiger partial charge in [-0.25, -0.2) is 4.98 Å². The molecule has 1 atom stereocenters. The molecule has 2 rings (SSSR count). The Morgan fingerprint density at radius 3 is 3.21 bits per heavy atom. The monoisotopic (exact) mass is 193 g/mol. The first-order valence-corrected chi connectivity index (χ1v) is 4.33. The molecule has 6 nitrogen and oxygen atoms in total. The van der Waals surface area contributed by atoms with Crippen molar-refractivity contribution in [1.82, 2.24) is 19.6 Å². The molecule has 0 fully saturated rings. The maximum absolute atomic E-state index is 9.11. The highest BCUT2D eigenvalue weighted by molar-refractivity contribution is 5.44. The minimum absolute atomic E-state index is 0.409. The highest BCUT2D eigenvalue weighted by Gasteiger charge is 2.02. The van der Waals surface area contributed by atoms with Crippen molar-refractivity contribution in [2.24, 2.45) is 0 Å². The van der Waals surface area contributed by atoms with Crippen LogP contribution in [0.25, 0.3) is 5.65 Å². The zero-order chi connectivity index (χ0) is 9.97. The second-order valence-corrected chi connectivity index (χ2v) is 3.05. The summed E-state index contributed by atoms with van der Waals surface area (Å²) in [7, 11) is 0. The van der Waals surface area contributed by atoms with Gasteiger partial charge in [0.15, 0.2) is 5.65 Å². The number of aliphatic hydroxyl groups excluding tert-OH is 1. The first-order valence-electron chi connectivity index (χ1n) is 4.33. The summed E-state index contributed by atoms with van der Waals surface area (Å²) in [4.78, 5) is 7.99. The van der Waals surface area contributed by atoms with Crippen molar-refractivity contribution in [2.45, 2.75) is 13.0 Å². The largest absolute Gasteiger partial charge is 0.392 e. The molecule has 74 valence electrons. The second kappa shape index (κ2) is 3.59. The summed E-state index contributed by atoms with van der Waals surface area (Å²) < 4.78 is 1.63. The van der Waals surface area contributed by atoms with Crippen LogP contribution in [0.1, 0.15) is 6.92 Å². The third-order valence-electron chi connectivity index (χ3n) is 1.77. The van der Waals surface area contributed by atoms with Gasteiger partial charge in [0.05, 0.1) is 18.5 Å². The van der Waals surface area contributed by atoms with Gasteiger partial charge in [-0.05, 0) is 6.92 Å². The Kier molecular flexibility index (Phi) is 2.28. The van der Waals surface area contributed by atoms with Crippen molar-refractivity contribution in [2.75, 3.05) is 11.9 Å². The van der Waals surface area contributed by atoms with Crippen molar-refractivity contribution < 1.29 is 5.11 Å². The van der Waals surface area contributed by atoms with Crippen LogP contribution in [0.2, 0.25) is 0 Å². The van der Waals surface area contributed by atoms with E-state index in [1.165, 1.54) is 6.33 Å². The lowest BCUT2D eigenvalue weighted by Crippen LogP contribution is -2.17. The van der Waals surface area contributed by atoms with E-state index in [2.05, 4.69) is 20.4 Å². The van der Waals surface area contributed by atoms with E-state index in [0.717, 1.165) is 5.82 Å². The van der Waals surface area contributed by atoms with Gasteiger partial charge in [-0.3, -0.25) is 4.98 Å². The van der Waals surface area contributed by atoms with Crippen LogP contribution >= 0.6 is 0 Å². The molecule has 0 bridgehead atoms. The second-order valence-electron chi connectivity index (χ2n) is 3.05. The fraction of sp³-hybridized carbons (Fsp3) is 0.375. The van der Waals surface area contributed by atoms with Crippen LogP contribution < -0.4 is 5.32 Å². The number of nitrogens with one attached hydrogen (secondary N) is 1. The Bertz CT molecular complexity index is 424. The summed E-state index contributed by atoms with van der Waals surface area (Å²) in [6.07, 6.45) is 4.32. The Hall–Kier alpha value is -1.69. The smallest absolute Gasteiger partial charge is 0.175 e. The van der Waals surface area contributed by atoms with Crippen LogP contribution in [0.5, 0.6) is 0 Å². The van der Waals surface area contributed by atoms with E-state index in [-0.39, 0.29) is 0 Å². The summed E-state index contributed by atoms with van der Waals surface area (Å²) in [6.45, 7) is 2.17. The van der Waals surface area contributed by atoms with E-state index < -0.39 is 6.10 Å². The molecule has 14 heavy (non-hydrogen) atoms. The Morgan fingerprint density at radius 2 is 2.43 bits per heavy atom. The van der Waals surface area contributed by atoms with E-state index in [1.54, 1.807) is 23.8 Å². The Labute approximate surface area is 80.6 Å². The van der Waals surface area contributed by atoms with Crippen molar-refractivity contribution in [1.29, 1.82) is 0 Å². The van der Waals surface area contributed by atoms with Crippen LogP contribution in [-0.4, -0.2) is 37.3 Å². The summed E-state index contributed by atoms with van der Waals surface area (Å²) in [6, 6.07) is 0.